The molecule has 0 aliphatic heterocycles. The van der Waals surface area contributed by atoms with Crippen molar-refractivity contribution < 1.29 is 13.6 Å². The van der Waals surface area contributed by atoms with E-state index < -0.39 is 11.6 Å². The first kappa shape index (κ1) is 14.1. The SMILES string of the molecule is CNc1nc(N(C)CC(=O)N(C)C)c(F)cc1F. The van der Waals surface area contributed by atoms with E-state index in [1.807, 2.05) is 0 Å². The molecule has 1 rings (SSSR count). The Bertz CT molecular complexity index is 451. The summed E-state index contributed by atoms with van der Waals surface area (Å²) in [5, 5.41) is 2.52. The topological polar surface area (TPSA) is 48.5 Å². The molecule has 0 saturated carbocycles. The normalized spacial score (nSPS) is 10.1. The molecule has 0 bridgehead atoms. The Balaban J connectivity index is 2.98. The lowest BCUT2D eigenvalue weighted by Crippen LogP contribution is -2.35. The fourth-order valence-corrected chi connectivity index (χ4v) is 1.32. The van der Waals surface area contributed by atoms with Crippen LogP contribution in [0.4, 0.5) is 20.4 Å². The number of carbonyl (C=O) groups is 1. The Hall–Kier alpha value is -1.92. The third-order valence-corrected chi connectivity index (χ3v) is 2.38. The Morgan fingerprint density at radius 1 is 1.33 bits per heavy atom. The number of carbonyl (C=O) groups excluding carboxylic acids is 1. The van der Waals surface area contributed by atoms with Gasteiger partial charge in [-0.05, 0) is 0 Å². The lowest BCUT2D eigenvalue weighted by molar-refractivity contribution is -0.127. The third-order valence-electron chi connectivity index (χ3n) is 2.38. The van der Waals surface area contributed by atoms with E-state index in [2.05, 4.69) is 10.3 Å². The van der Waals surface area contributed by atoms with E-state index in [9.17, 15) is 13.6 Å². The lowest BCUT2D eigenvalue weighted by Gasteiger charge is -2.21. The largest absolute Gasteiger partial charge is 0.371 e. The van der Waals surface area contributed by atoms with Gasteiger partial charge in [0.1, 0.15) is 0 Å². The number of hydrogen-bond acceptors (Lipinski definition) is 4. The van der Waals surface area contributed by atoms with Crippen LogP contribution in [0.5, 0.6) is 0 Å². The molecule has 7 heteroatoms. The van der Waals surface area contributed by atoms with Crippen molar-refractivity contribution in [3.8, 4) is 0 Å². The van der Waals surface area contributed by atoms with Crippen LogP contribution in [0, 0.1) is 11.6 Å². The molecule has 0 aromatic carbocycles. The van der Waals surface area contributed by atoms with Gasteiger partial charge in [0.2, 0.25) is 5.91 Å². The van der Waals surface area contributed by atoms with Gasteiger partial charge in [0.25, 0.3) is 0 Å². The number of amides is 1. The van der Waals surface area contributed by atoms with Gasteiger partial charge in [-0.25, -0.2) is 13.8 Å². The first-order chi connectivity index (χ1) is 8.36. The Kier molecular flexibility index (Phi) is 4.41. The van der Waals surface area contributed by atoms with Gasteiger partial charge in [-0.2, -0.15) is 0 Å². The zero-order chi connectivity index (χ0) is 13.9. The van der Waals surface area contributed by atoms with Crippen LogP contribution in [0.2, 0.25) is 0 Å². The van der Waals surface area contributed by atoms with E-state index in [0.29, 0.717) is 0 Å². The van der Waals surface area contributed by atoms with Crippen molar-refractivity contribution in [2.75, 3.05) is 45.0 Å². The maximum Gasteiger partial charge on any atom is 0.241 e. The van der Waals surface area contributed by atoms with Crippen LogP contribution in [0.25, 0.3) is 0 Å². The summed E-state index contributed by atoms with van der Waals surface area (Å²) in [6.07, 6.45) is 0. The van der Waals surface area contributed by atoms with Gasteiger partial charge in [-0.3, -0.25) is 4.79 Å². The van der Waals surface area contributed by atoms with Crippen molar-refractivity contribution in [3.63, 3.8) is 0 Å². The molecule has 0 radical (unpaired) electrons. The molecule has 0 fully saturated rings. The van der Waals surface area contributed by atoms with E-state index in [1.54, 1.807) is 14.1 Å². The second-order valence-electron chi connectivity index (χ2n) is 4.02. The molecule has 0 aliphatic rings. The summed E-state index contributed by atoms with van der Waals surface area (Å²) in [5.74, 6) is -1.91. The van der Waals surface area contributed by atoms with Crippen LogP contribution >= 0.6 is 0 Å². The zero-order valence-electron chi connectivity index (χ0n) is 10.8. The standard InChI is InChI=1S/C11H16F2N4O/c1-14-10-7(12)5-8(13)11(15-10)17(4)6-9(18)16(2)3/h5H,6H2,1-4H3,(H,14,15). The molecular formula is C11H16F2N4O. The van der Waals surface area contributed by atoms with Gasteiger partial charge in [-0.15, -0.1) is 0 Å². The number of rotatable bonds is 4. The van der Waals surface area contributed by atoms with Crippen LogP contribution in [0.15, 0.2) is 6.07 Å². The first-order valence-electron chi connectivity index (χ1n) is 5.32. The molecule has 1 aromatic heterocycles. The van der Waals surface area contributed by atoms with Crippen LogP contribution in [0.1, 0.15) is 0 Å². The highest BCUT2D eigenvalue weighted by Crippen LogP contribution is 2.21. The molecule has 100 valence electrons. The minimum atomic E-state index is -0.805. The Morgan fingerprint density at radius 3 is 2.44 bits per heavy atom. The van der Waals surface area contributed by atoms with Gasteiger partial charge in [0.05, 0.1) is 6.54 Å². The fraction of sp³-hybridized carbons (Fsp3) is 0.455. The van der Waals surface area contributed by atoms with E-state index in [4.69, 9.17) is 0 Å². The predicted molar refractivity (Wildman–Crippen MR) is 65.7 cm³/mol. The minimum absolute atomic E-state index is 0.0360. The number of hydrogen-bond donors (Lipinski definition) is 1. The molecule has 0 aliphatic carbocycles. The second kappa shape index (κ2) is 5.61. The van der Waals surface area contributed by atoms with Gasteiger partial charge in [0, 0.05) is 34.3 Å². The second-order valence-corrected chi connectivity index (χ2v) is 4.02. The van der Waals surface area contributed by atoms with Crippen molar-refractivity contribution in [2.24, 2.45) is 0 Å². The van der Waals surface area contributed by atoms with Crippen molar-refractivity contribution in [1.29, 1.82) is 0 Å². The predicted octanol–water partition coefficient (Wildman–Crippen LogP) is 0.926. The van der Waals surface area contributed by atoms with E-state index in [1.165, 1.54) is 23.9 Å². The highest BCUT2D eigenvalue weighted by Gasteiger charge is 2.17. The molecular weight excluding hydrogens is 242 g/mol. The Morgan fingerprint density at radius 2 is 1.94 bits per heavy atom. The molecule has 0 unspecified atom stereocenters. The number of aromatic nitrogens is 1. The number of halogens is 2. The molecule has 18 heavy (non-hydrogen) atoms. The molecule has 1 N–H and O–H groups in total. The third kappa shape index (κ3) is 3.06. The minimum Gasteiger partial charge on any atom is -0.371 e. The van der Waals surface area contributed by atoms with Gasteiger partial charge in [0.15, 0.2) is 23.3 Å². The average Bonchev–Trinajstić information content (AvgIpc) is 2.28. The first-order valence-corrected chi connectivity index (χ1v) is 5.32. The van der Waals surface area contributed by atoms with Gasteiger partial charge < -0.3 is 15.1 Å². The Labute approximate surface area is 104 Å². The summed E-state index contributed by atoms with van der Waals surface area (Å²) < 4.78 is 26.8. The molecule has 0 atom stereocenters. The molecule has 1 heterocycles. The maximum atomic E-state index is 13.6. The molecule has 0 saturated heterocycles. The molecule has 0 spiro atoms. The summed E-state index contributed by atoms with van der Waals surface area (Å²) in [5.41, 5.74) is 0. The van der Waals surface area contributed by atoms with Crippen molar-refractivity contribution >= 4 is 17.5 Å². The lowest BCUT2D eigenvalue weighted by atomic mass is 10.3. The maximum absolute atomic E-state index is 13.6. The van der Waals surface area contributed by atoms with Crippen LogP contribution in [-0.2, 0) is 4.79 Å². The van der Waals surface area contributed by atoms with E-state index in [-0.39, 0.29) is 24.1 Å². The summed E-state index contributed by atoms with van der Waals surface area (Å²) in [6, 6.07) is 0.741. The monoisotopic (exact) mass is 258 g/mol. The van der Waals surface area contributed by atoms with Crippen molar-refractivity contribution in [3.05, 3.63) is 17.7 Å². The summed E-state index contributed by atoms with van der Waals surface area (Å²) in [6.45, 7) is -0.0360. The van der Waals surface area contributed by atoms with Gasteiger partial charge >= 0.3 is 0 Å². The van der Waals surface area contributed by atoms with E-state index in [0.717, 1.165) is 6.07 Å². The summed E-state index contributed by atoms with van der Waals surface area (Å²) in [7, 11) is 6.20. The van der Waals surface area contributed by atoms with Crippen molar-refractivity contribution in [1.82, 2.24) is 9.88 Å². The fourth-order valence-electron chi connectivity index (χ4n) is 1.32. The molecule has 1 amide bonds. The molecule has 5 nitrogen and oxygen atoms in total. The highest BCUT2D eigenvalue weighted by atomic mass is 19.1. The summed E-state index contributed by atoms with van der Waals surface area (Å²) in [4.78, 5) is 18.0. The zero-order valence-corrected chi connectivity index (χ0v) is 10.8. The number of nitrogens with one attached hydrogen (secondary N) is 1. The van der Waals surface area contributed by atoms with Crippen LogP contribution in [0.3, 0.4) is 0 Å². The van der Waals surface area contributed by atoms with Crippen LogP contribution < -0.4 is 10.2 Å². The quantitative estimate of drug-likeness (QED) is 0.872. The summed E-state index contributed by atoms with van der Waals surface area (Å²) >= 11 is 0. The number of anilines is 2. The highest BCUT2D eigenvalue weighted by molar-refractivity contribution is 5.80. The number of nitrogens with zero attached hydrogens (tertiary/aromatic N) is 3. The smallest absolute Gasteiger partial charge is 0.241 e. The van der Waals surface area contributed by atoms with Crippen molar-refractivity contribution in [2.45, 2.75) is 0 Å². The molecule has 1 aromatic rings. The number of likely N-dealkylation sites (N-methyl/N-ethyl adjacent to an activating group) is 2. The average molecular weight is 258 g/mol. The number of pyridine rings is 1. The van der Waals surface area contributed by atoms with Crippen LogP contribution in [-0.4, -0.2) is 50.5 Å². The van der Waals surface area contributed by atoms with Gasteiger partial charge in [-0.1, -0.05) is 0 Å². The van der Waals surface area contributed by atoms with E-state index >= 15 is 0 Å².